The summed E-state index contributed by atoms with van der Waals surface area (Å²) in [7, 11) is 3.37. The summed E-state index contributed by atoms with van der Waals surface area (Å²) in [5.41, 5.74) is 4.48. The van der Waals surface area contributed by atoms with Crippen LogP contribution in [0, 0.1) is 11.3 Å². The molecule has 2 atom stereocenters. The molecule has 2 aliphatic rings. The number of methoxy groups -OCH3 is 1. The Bertz CT molecular complexity index is 1510. The zero-order chi connectivity index (χ0) is 29.5. The van der Waals surface area contributed by atoms with E-state index in [1.807, 2.05) is 31.3 Å². The summed E-state index contributed by atoms with van der Waals surface area (Å²) in [5.74, 6) is -0.978. The number of anilines is 1. The van der Waals surface area contributed by atoms with Gasteiger partial charge in [-0.25, -0.2) is 9.59 Å². The number of amides is 1. The SMILES string of the molecule is CCC(OC(=O)c1c2c(nc3ccccc13)CCN(C)C2)C(=O)Nc1sc2c(c1C(=O)OC)CCC(C(C)(C)C)C2. The summed E-state index contributed by atoms with van der Waals surface area (Å²) in [6, 6.07) is 7.54. The molecule has 2 unspecified atom stereocenters. The van der Waals surface area contributed by atoms with Crippen LogP contribution in [-0.2, 0) is 40.1 Å². The van der Waals surface area contributed by atoms with Crippen molar-refractivity contribution in [2.45, 2.75) is 72.4 Å². The zero-order valence-corrected chi connectivity index (χ0v) is 25.6. The van der Waals surface area contributed by atoms with Gasteiger partial charge in [-0.05, 0) is 55.7 Å². The molecule has 8 nitrogen and oxygen atoms in total. The Kier molecular flexibility index (Phi) is 8.21. The Morgan fingerprint density at radius 2 is 1.88 bits per heavy atom. The number of nitrogens with one attached hydrogen (secondary N) is 1. The highest BCUT2D eigenvalue weighted by atomic mass is 32.1. The van der Waals surface area contributed by atoms with Crippen molar-refractivity contribution in [3.05, 3.63) is 57.1 Å². The number of thiophene rings is 1. The van der Waals surface area contributed by atoms with Crippen molar-refractivity contribution in [1.29, 1.82) is 0 Å². The average molecular weight is 578 g/mol. The summed E-state index contributed by atoms with van der Waals surface area (Å²) in [4.78, 5) is 48.2. The molecule has 2 aromatic heterocycles. The third-order valence-corrected chi connectivity index (χ3v) is 9.64. The molecule has 1 aromatic carbocycles. The molecule has 0 spiro atoms. The van der Waals surface area contributed by atoms with Crippen LogP contribution in [0.25, 0.3) is 10.9 Å². The van der Waals surface area contributed by atoms with Gasteiger partial charge in [0.05, 0.1) is 23.8 Å². The molecule has 0 radical (unpaired) electrons. The van der Waals surface area contributed by atoms with E-state index in [0.717, 1.165) is 59.4 Å². The maximum atomic E-state index is 13.8. The average Bonchev–Trinajstić information content (AvgIpc) is 3.30. The first kappa shape index (κ1) is 29.2. The first-order valence-electron chi connectivity index (χ1n) is 14.4. The van der Waals surface area contributed by atoms with Crippen molar-refractivity contribution in [3.8, 4) is 0 Å². The van der Waals surface area contributed by atoms with Crippen LogP contribution in [-0.4, -0.2) is 54.5 Å². The second-order valence-electron chi connectivity index (χ2n) is 12.2. The molecule has 1 N–H and O–H groups in total. The van der Waals surface area contributed by atoms with Gasteiger partial charge in [0.15, 0.2) is 6.10 Å². The second-order valence-corrected chi connectivity index (χ2v) is 13.3. The number of carbonyl (C=O) groups is 3. The van der Waals surface area contributed by atoms with E-state index in [-0.39, 0.29) is 11.8 Å². The molecular weight excluding hydrogens is 538 g/mol. The van der Waals surface area contributed by atoms with E-state index < -0.39 is 23.9 Å². The first-order chi connectivity index (χ1) is 19.5. The van der Waals surface area contributed by atoms with Gasteiger partial charge in [-0.15, -0.1) is 11.3 Å². The van der Waals surface area contributed by atoms with Crippen molar-refractivity contribution < 1.29 is 23.9 Å². The predicted molar refractivity (Wildman–Crippen MR) is 161 cm³/mol. The summed E-state index contributed by atoms with van der Waals surface area (Å²) in [5, 5.41) is 4.11. The molecule has 9 heteroatoms. The zero-order valence-electron chi connectivity index (χ0n) is 24.8. The highest BCUT2D eigenvalue weighted by Crippen LogP contribution is 2.44. The molecule has 41 heavy (non-hydrogen) atoms. The monoisotopic (exact) mass is 577 g/mol. The number of rotatable bonds is 6. The largest absolute Gasteiger partial charge is 0.465 e. The molecular formula is C32H39N3O5S. The third-order valence-electron chi connectivity index (χ3n) is 8.47. The van der Waals surface area contributed by atoms with Crippen LogP contribution in [0.15, 0.2) is 24.3 Å². The summed E-state index contributed by atoms with van der Waals surface area (Å²) in [6.07, 6.45) is 2.58. The summed E-state index contributed by atoms with van der Waals surface area (Å²) < 4.78 is 11.0. The minimum absolute atomic E-state index is 0.142. The lowest BCUT2D eigenvalue weighted by Gasteiger charge is -2.33. The van der Waals surface area contributed by atoms with E-state index >= 15 is 0 Å². The van der Waals surface area contributed by atoms with Crippen molar-refractivity contribution >= 4 is 45.1 Å². The lowest BCUT2D eigenvalue weighted by Crippen LogP contribution is -2.34. The molecule has 0 saturated carbocycles. The van der Waals surface area contributed by atoms with Crippen LogP contribution in [0.5, 0.6) is 0 Å². The summed E-state index contributed by atoms with van der Waals surface area (Å²) in [6.45, 7) is 9.96. The van der Waals surface area contributed by atoms with Crippen LogP contribution in [0.1, 0.15) is 83.0 Å². The fraction of sp³-hybridized carbons (Fsp3) is 0.500. The van der Waals surface area contributed by atoms with Crippen molar-refractivity contribution in [1.82, 2.24) is 9.88 Å². The van der Waals surface area contributed by atoms with Crippen molar-refractivity contribution in [3.63, 3.8) is 0 Å². The van der Waals surface area contributed by atoms with Gasteiger partial charge >= 0.3 is 11.9 Å². The van der Waals surface area contributed by atoms with Gasteiger partial charge in [0.2, 0.25) is 0 Å². The highest BCUT2D eigenvalue weighted by Gasteiger charge is 2.35. The standard InChI is InChI=1S/C32H39N3O5S/c1-7-24(40-31(38)26-19-10-8-9-11-22(19)33-23-14-15-35(5)17-21(23)26)28(36)34-29-27(30(37)39-6)20-13-12-18(32(2,3)4)16-25(20)41-29/h8-11,18,24H,7,12-17H2,1-6H3,(H,34,36). The van der Waals surface area contributed by atoms with Gasteiger partial charge in [0.25, 0.3) is 5.91 Å². The minimum atomic E-state index is -1.03. The highest BCUT2D eigenvalue weighted by molar-refractivity contribution is 7.17. The number of hydrogen-bond donors (Lipinski definition) is 1. The fourth-order valence-corrected chi connectivity index (χ4v) is 7.31. The van der Waals surface area contributed by atoms with Crippen LogP contribution < -0.4 is 5.32 Å². The lowest BCUT2D eigenvalue weighted by molar-refractivity contribution is -0.124. The van der Waals surface area contributed by atoms with Crippen molar-refractivity contribution in [2.24, 2.45) is 11.3 Å². The quantitative estimate of drug-likeness (QED) is 0.370. The van der Waals surface area contributed by atoms with Crippen LogP contribution in [0.4, 0.5) is 5.00 Å². The number of pyridine rings is 1. The molecule has 3 aromatic rings. The Hall–Kier alpha value is -3.30. The number of benzene rings is 1. The maximum Gasteiger partial charge on any atom is 0.341 e. The van der Waals surface area contributed by atoms with Crippen LogP contribution >= 0.6 is 11.3 Å². The number of carbonyl (C=O) groups excluding carboxylic acids is 3. The Labute approximate surface area is 245 Å². The van der Waals surface area contributed by atoms with E-state index in [2.05, 4.69) is 31.0 Å². The number of para-hydroxylation sites is 1. The number of aromatic nitrogens is 1. The number of nitrogens with zero attached hydrogens (tertiary/aromatic N) is 2. The maximum absolute atomic E-state index is 13.8. The molecule has 0 saturated heterocycles. The smallest absolute Gasteiger partial charge is 0.341 e. The van der Waals surface area contributed by atoms with Gasteiger partial charge < -0.3 is 19.7 Å². The molecule has 5 rings (SSSR count). The second kappa shape index (κ2) is 11.5. The molecule has 0 fully saturated rings. The van der Waals surface area contributed by atoms with Gasteiger partial charge in [0, 0.05) is 41.0 Å². The van der Waals surface area contributed by atoms with E-state index in [4.69, 9.17) is 14.5 Å². The molecule has 1 amide bonds. The van der Waals surface area contributed by atoms with Gasteiger partial charge in [-0.2, -0.15) is 0 Å². The fourth-order valence-electron chi connectivity index (χ4n) is 5.99. The lowest BCUT2D eigenvalue weighted by atomic mass is 9.72. The number of hydrogen-bond acceptors (Lipinski definition) is 8. The topological polar surface area (TPSA) is 97.8 Å². The van der Waals surface area contributed by atoms with Gasteiger partial charge in [0.1, 0.15) is 5.00 Å². The number of likely N-dealkylation sites (N-methyl/N-ethyl adjacent to an activating group) is 1. The minimum Gasteiger partial charge on any atom is -0.465 e. The molecule has 1 aliphatic carbocycles. The van der Waals surface area contributed by atoms with Gasteiger partial charge in [-0.3, -0.25) is 9.78 Å². The van der Waals surface area contributed by atoms with Gasteiger partial charge in [-0.1, -0.05) is 45.9 Å². The van der Waals surface area contributed by atoms with E-state index in [9.17, 15) is 14.4 Å². The Morgan fingerprint density at radius 1 is 1.12 bits per heavy atom. The normalized spacial score (nSPS) is 17.9. The summed E-state index contributed by atoms with van der Waals surface area (Å²) >= 11 is 1.43. The third kappa shape index (κ3) is 5.75. The van der Waals surface area contributed by atoms with E-state index in [1.54, 1.807) is 6.92 Å². The number of fused-ring (bicyclic) bond motifs is 3. The predicted octanol–water partition coefficient (Wildman–Crippen LogP) is 5.80. The molecule has 0 bridgehead atoms. The first-order valence-corrected chi connectivity index (χ1v) is 15.2. The molecule has 1 aliphatic heterocycles. The van der Waals surface area contributed by atoms with Crippen LogP contribution in [0.2, 0.25) is 0 Å². The van der Waals surface area contributed by atoms with Crippen molar-refractivity contribution in [2.75, 3.05) is 26.0 Å². The Balaban J connectivity index is 1.42. The number of esters is 2. The van der Waals surface area contributed by atoms with Crippen LogP contribution in [0.3, 0.4) is 0 Å². The Morgan fingerprint density at radius 3 is 2.59 bits per heavy atom. The van der Waals surface area contributed by atoms with E-state index in [1.165, 1.54) is 18.4 Å². The molecule has 3 heterocycles. The molecule has 218 valence electrons. The van der Waals surface area contributed by atoms with E-state index in [0.29, 0.717) is 34.0 Å². The number of ether oxygens (including phenoxy) is 2.